The Balaban J connectivity index is 2.13. The predicted octanol–water partition coefficient (Wildman–Crippen LogP) is 2.80. The van der Waals surface area contributed by atoms with Crippen LogP contribution in [0, 0.1) is 6.92 Å². The molecule has 24 heavy (non-hydrogen) atoms. The number of aliphatic hydroxyl groups is 1. The summed E-state index contributed by atoms with van der Waals surface area (Å²) in [6.07, 6.45) is 0. The van der Waals surface area contributed by atoms with Crippen LogP contribution in [-0.4, -0.2) is 35.9 Å². The summed E-state index contributed by atoms with van der Waals surface area (Å²) in [6.45, 7) is 1.72. The Morgan fingerprint density at radius 1 is 1.25 bits per heavy atom. The number of nitrogens with zero attached hydrogens (tertiary/aromatic N) is 1. The molecule has 2 aromatic rings. The second-order valence-electron chi connectivity index (χ2n) is 5.56. The van der Waals surface area contributed by atoms with Crippen LogP contribution in [0.25, 0.3) is 0 Å². The smallest absolute Gasteiger partial charge is 0.289 e. The van der Waals surface area contributed by atoms with E-state index in [1.165, 1.54) is 25.1 Å². The molecule has 6 nitrogen and oxygen atoms in total. The number of ether oxygens (including phenoxy) is 1. The molecule has 1 aliphatic rings. The predicted molar refractivity (Wildman–Crippen MR) is 85.9 cm³/mol. The highest BCUT2D eigenvalue weighted by atomic mass is 16.5. The van der Waals surface area contributed by atoms with Gasteiger partial charge in [0.15, 0.2) is 11.5 Å². The van der Waals surface area contributed by atoms with E-state index >= 15 is 0 Å². The van der Waals surface area contributed by atoms with Crippen molar-refractivity contribution in [3.8, 4) is 5.75 Å². The van der Waals surface area contributed by atoms with Crippen LogP contribution < -0.4 is 4.74 Å². The number of carbonyl (C=O) groups excluding carboxylic acids is 2. The molecule has 1 unspecified atom stereocenters. The number of furan rings is 1. The van der Waals surface area contributed by atoms with E-state index in [9.17, 15) is 14.7 Å². The molecule has 0 spiro atoms. The van der Waals surface area contributed by atoms with Crippen LogP contribution in [0.5, 0.6) is 5.75 Å². The number of aliphatic hydroxyl groups excluding tert-OH is 1. The molecule has 0 radical (unpaired) electrons. The number of likely N-dealkylation sites (N-methyl/N-ethyl adjacent to an activating group) is 1. The minimum Gasteiger partial charge on any atom is -0.503 e. The Kier molecular flexibility index (Phi) is 3.89. The first-order valence-electron chi connectivity index (χ1n) is 7.40. The van der Waals surface area contributed by atoms with Gasteiger partial charge >= 0.3 is 0 Å². The SMILES string of the molecule is COc1ccccc1C1C(C(=O)c2ccc(C)o2)=C(O)C(=O)N1C. The molecule has 1 amide bonds. The summed E-state index contributed by atoms with van der Waals surface area (Å²) >= 11 is 0. The Labute approximate surface area is 138 Å². The fourth-order valence-corrected chi connectivity index (χ4v) is 2.90. The second kappa shape index (κ2) is 5.88. The van der Waals surface area contributed by atoms with E-state index in [0.29, 0.717) is 17.1 Å². The van der Waals surface area contributed by atoms with Gasteiger partial charge in [-0.25, -0.2) is 0 Å². The third kappa shape index (κ3) is 2.36. The molecule has 1 aromatic carbocycles. The van der Waals surface area contributed by atoms with Crippen molar-refractivity contribution in [2.75, 3.05) is 14.2 Å². The van der Waals surface area contributed by atoms with Gasteiger partial charge in [0, 0.05) is 12.6 Å². The van der Waals surface area contributed by atoms with Gasteiger partial charge in [0.1, 0.15) is 11.5 Å². The van der Waals surface area contributed by atoms with E-state index in [0.717, 1.165) is 0 Å². The standard InChI is InChI=1S/C18H17NO5/c1-10-8-9-13(24-10)16(20)14-15(19(2)18(22)17(14)21)11-6-4-5-7-12(11)23-3/h4-9,15,21H,1-3H3. The number of para-hydroxylation sites is 1. The molecule has 3 rings (SSSR count). The van der Waals surface area contributed by atoms with Crippen LogP contribution in [0.2, 0.25) is 0 Å². The van der Waals surface area contributed by atoms with E-state index in [4.69, 9.17) is 9.15 Å². The second-order valence-corrected chi connectivity index (χ2v) is 5.56. The molecule has 0 aliphatic carbocycles. The summed E-state index contributed by atoms with van der Waals surface area (Å²) in [4.78, 5) is 26.4. The molecule has 0 saturated heterocycles. The number of Topliss-reactive ketones (excluding diaryl/α,β-unsaturated/α-hetero) is 1. The molecule has 0 fully saturated rings. The molecule has 1 aliphatic heterocycles. The lowest BCUT2D eigenvalue weighted by Gasteiger charge is -2.23. The van der Waals surface area contributed by atoms with Gasteiger partial charge in [0.25, 0.3) is 5.91 Å². The zero-order valence-electron chi connectivity index (χ0n) is 13.6. The fourth-order valence-electron chi connectivity index (χ4n) is 2.90. The fraction of sp³-hybridized carbons (Fsp3) is 0.222. The first-order chi connectivity index (χ1) is 11.5. The van der Waals surface area contributed by atoms with E-state index in [1.807, 2.05) is 0 Å². The third-order valence-corrected chi connectivity index (χ3v) is 4.08. The number of amides is 1. The van der Waals surface area contributed by atoms with Crippen molar-refractivity contribution in [3.05, 3.63) is 64.8 Å². The largest absolute Gasteiger partial charge is 0.503 e. The third-order valence-electron chi connectivity index (χ3n) is 4.08. The summed E-state index contributed by atoms with van der Waals surface area (Å²) in [7, 11) is 3.04. The highest BCUT2D eigenvalue weighted by Gasteiger charge is 2.43. The Hall–Kier alpha value is -3.02. The van der Waals surface area contributed by atoms with Crippen LogP contribution in [0.15, 0.2) is 52.1 Å². The van der Waals surface area contributed by atoms with Crippen LogP contribution >= 0.6 is 0 Å². The summed E-state index contributed by atoms with van der Waals surface area (Å²) in [5.74, 6) is -0.515. The number of aryl methyl sites for hydroxylation is 1. The van der Waals surface area contributed by atoms with Gasteiger partial charge in [0.2, 0.25) is 5.78 Å². The zero-order chi connectivity index (χ0) is 17.4. The average molecular weight is 327 g/mol. The maximum absolute atomic E-state index is 12.8. The van der Waals surface area contributed by atoms with Gasteiger partial charge in [-0.05, 0) is 25.1 Å². The zero-order valence-corrected chi connectivity index (χ0v) is 13.6. The van der Waals surface area contributed by atoms with Gasteiger partial charge in [-0.1, -0.05) is 18.2 Å². The molecular formula is C18H17NO5. The van der Waals surface area contributed by atoms with Crippen LogP contribution in [0.1, 0.15) is 27.9 Å². The highest BCUT2D eigenvalue weighted by Crippen LogP contribution is 2.41. The first kappa shape index (κ1) is 15.9. The summed E-state index contributed by atoms with van der Waals surface area (Å²) in [6, 6.07) is 9.51. The molecule has 1 N–H and O–H groups in total. The lowest BCUT2D eigenvalue weighted by molar-refractivity contribution is -0.128. The quantitative estimate of drug-likeness (QED) is 0.874. The molecular weight excluding hydrogens is 310 g/mol. The van der Waals surface area contributed by atoms with Crippen molar-refractivity contribution >= 4 is 11.7 Å². The maximum atomic E-state index is 12.8. The lowest BCUT2D eigenvalue weighted by Crippen LogP contribution is -2.27. The van der Waals surface area contributed by atoms with Crippen molar-refractivity contribution in [2.45, 2.75) is 13.0 Å². The van der Waals surface area contributed by atoms with Crippen molar-refractivity contribution in [3.63, 3.8) is 0 Å². The molecule has 1 atom stereocenters. The molecule has 2 heterocycles. The van der Waals surface area contributed by atoms with Gasteiger partial charge in [-0.2, -0.15) is 0 Å². The monoisotopic (exact) mass is 327 g/mol. The van der Waals surface area contributed by atoms with Gasteiger partial charge in [0.05, 0.1) is 18.7 Å². The maximum Gasteiger partial charge on any atom is 0.289 e. The van der Waals surface area contributed by atoms with Crippen molar-refractivity contribution < 1.29 is 23.8 Å². The number of hydrogen-bond acceptors (Lipinski definition) is 5. The number of methoxy groups -OCH3 is 1. The lowest BCUT2D eigenvalue weighted by atomic mass is 9.94. The number of rotatable bonds is 4. The minimum atomic E-state index is -0.744. The van der Waals surface area contributed by atoms with Gasteiger partial charge < -0.3 is 19.2 Å². The van der Waals surface area contributed by atoms with Gasteiger partial charge in [-0.3, -0.25) is 9.59 Å². The van der Waals surface area contributed by atoms with Crippen LogP contribution in [0.4, 0.5) is 0 Å². The van der Waals surface area contributed by atoms with E-state index in [1.54, 1.807) is 37.3 Å². The number of hydrogen-bond donors (Lipinski definition) is 1. The average Bonchev–Trinajstić information content (AvgIpc) is 3.11. The van der Waals surface area contributed by atoms with Crippen LogP contribution in [-0.2, 0) is 4.79 Å². The van der Waals surface area contributed by atoms with Crippen LogP contribution in [0.3, 0.4) is 0 Å². The summed E-state index contributed by atoms with van der Waals surface area (Å²) in [5, 5.41) is 10.2. The Morgan fingerprint density at radius 3 is 2.58 bits per heavy atom. The van der Waals surface area contributed by atoms with E-state index in [-0.39, 0.29) is 11.3 Å². The van der Waals surface area contributed by atoms with Crippen molar-refractivity contribution in [1.29, 1.82) is 0 Å². The molecule has 6 heteroatoms. The van der Waals surface area contributed by atoms with Gasteiger partial charge in [-0.15, -0.1) is 0 Å². The van der Waals surface area contributed by atoms with E-state index in [2.05, 4.69) is 0 Å². The number of carbonyl (C=O) groups is 2. The molecule has 0 saturated carbocycles. The highest BCUT2D eigenvalue weighted by molar-refractivity contribution is 6.15. The van der Waals surface area contributed by atoms with Crippen molar-refractivity contribution in [1.82, 2.24) is 4.90 Å². The molecule has 1 aromatic heterocycles. The molecule has 0 bridgehead atoms. The van der Waals surface area contributed by atoms with E-state index < -0.39 is 23.5 Å². The Bertz CT molecular complexity index is 849. The minimum absolute atomic E-state index is 0.0126. The number of benzene rings is 1. The first-order valence-corrected chi connectivity index (χ1v) is 7.40. The Morgan fingerprint density at radius 2 is 1.96 bits per heavy atom. The summed E-state index contributed by atoms with van der Waals surface area (Å²) < 4.78 is 10.7. The molecule has 124 valence electrons. The summed E-state index contributed by atoms with van der Waals surface area (Å²) in [5.41, 5.74) is 0.605. The van der Waals surface area contributed by atoms with Crippen molar-refractivity contribution in [2.24, 2.45) is 0 Å². The topological polar surface area (TPSA) is 80.0 Å². The normalized spacial score (nSPS) is 17.5. The number of ketones is 1.